The number of carbonyl (C=O) groups excluding carboxylic acids is 3. The van der Waals surface area contributed by atoms with Gasteiger partial charge in [0.05, 0.1) is 19.1 Å². The number of esters is 1. The fourth-order valence-electron chi connectivity index (χ4n) is 3.07. The number of hydrogen-bond donors (Lipinski definition) is 0. The minimum atomic E-state index is -0.552. The molecule has 1 unspecified atom stereocenters. The fraction of sp³-hybridized carbons (Fsp3) is 0.348. The summed E-state index contributed by atoms with van der Waals surface area (Å²) in [6, 6.07) is 15.9. The van der Waals surface area contributed by atoms with Crippen molar-refractivity contribution >= 4 is 17.8 Å². The number of ether oxygens (including phenoxy) is 3. The van der Waals surface area contributed by atoms with Gasteiger partial charge in [0.25, 0.3) is 0 Å². The second kappa shape index (κ2) is 10.5. The van der Waals surface area contributed by atoms with Crippen LogP contribution >= 0.6 is 0 Å². The highest BCUT2D eigenvalue weighted by atomic mass is 16.6. The standard InChI is InChI=1S/C23H25NO6/c1-17(22(26)29-14-15-30-23(27)24-10-12-28-13-11-24)19-8-5-9-20(16-19)21(25)18-6-3-2-4-7-18/h2-9,16-17H,10-15H2,1H3. The lowest BCUT2D eigenvalue weighted by Gasteiger charge is -2.25. The Morgan fingerprint density at radius 3 is 2.33 bits per heavy atom. The van der Waals surface area contributed by atoms with E-state index in [1.165, 1.54) is 0 Å². The lowest BCUT2D eigenvalue weighted by molar-refractivity contribution is -0.146. The molecule has 1 heterocycles. The third kappa shape index (κ3) is 5.67. The normalized spacial score (nSPS) is 14.6. The van der Waals surface area contributed by atoms with Crippen molar-refractivity contribution in [2.24, 2.45) is 0 Å². The second-order valence-corrected chi connectivity index (χ2v) is 6.92. The van der Waals surface area contributed by atoms with E-state index >= 15 is 0 Å². The first kappa shape index (κ1) is 21.5. The Labute approximate surface area is 175 Å². The van der Waals surface area contributed by atoms with Crippen LogP contribution in [-0.2, 0) is 19.0 Å². The molecule has 1 aliphatic rings. The van der Waals surface area contributed by atoms with Crippen LogP contribution in [0.1, 0.15) is 34.3 Å². The zero-order valence-electron chi connectivity index (χ0n) is 16.9. The van der Waals surface area contributed by atoms with E-state index in [0.29, 0.717) is 43.0 Å². The van der Waals surface area contributed by atoms with E-state index in [1.54, 1.807) is 48.2 Å². The number of benzene rings is 2. The Kier molecular flexibility index (Phi) is 7.57. The van der Waals surface area contributed by atoms with Crippen LogP contribution in [0.2, 0.25) is 0 Å². The van der Waals surface area contributed by atoms with E-state index in [1.807, 2.05) is 18.2 Å². The zero-order valence-corrected chi connectivity index (χ0v) is 16.9. The fourth-order valence-corrected chi connectivity index (χ4v) is 3.07. The summed E-state index contributed by atoms with van der Waals surface area (Å²) in [5.74, 6) is -1.10. The molecule has 3 rings (SSSR count). The maximum absolute atomic E-state index is 12.6. The van der Waals surface area contributed by atoms with Crippen molar-refractivity contribution in [1.82, 2.24) is 4.90 Å². The topological polar surface area (TPSA) is 82.1 Å². The van der Waals surface area contributed by atoms with Crippen LogP contribution in [0, 0.1) is 0 Å². The number of ketones is 1. The molecular formula is C23H25NO6. The molecule has 1 saturated heterocycles. The van der Waals surface area contributed by atoms with Crippen LogP contribution in [0.5, 0.6) is 0 Å². The largest absolute Gasteiger partial charge is 0.462 e. The van der Waals surface area contributed by atoms with Gasteiger partial charge in [-0.1, -0.05) is 48.5 Å². The first-order valence-electron chi connectivity index (χ1n) is 9.92. The molecule has 7 heteroatoms. The molecule has 0 aromatic heterocycles. The third-order valence-electron chi connectivity index (χ3n) is 4.86. The minimum Gasteiger partial charge on any atom is -0.462 e. The highest BCUT2D eigenvalue weighted by Gasteiger charge is 2.20. The summed E-state index contributed by atoms with van der Waals surface area (Å²) in [5, 5.41) is 0. The molecule has 0 saturated carbocycles. The molecule has 1 amide bonds. The second-order valence-electron chi connectivity index (χ2n) is 6.92. The molecule has 0 aliphatic carbocycles. The summed E-state index contributed by atoms with van der Waals surface area (Å²) in [6.45, 7) is 3.65. The summed E-state index contributed by atoms with van der Waals surface area (Å²) >= 11 is 0. The van der Waals surface area contributed by atoms with Gasteiger partial charge in [0.1, 0.15) is 13.2 Å². The Morgan fingerprint density at radius 2 is 1.60 bits per heavy atom. The van der Waals surface area contributed by atoms with E-state index in [0.717, 1.165) is 0 Å². The van der Waals surface area contributed by atoms with Gasteiger partial charge in [-0.05, 0) is 18.6 Å². The van der Waals surface area contributed by atoms with Crippen molar-refractivity contribution in [1.29, 1.82) is 0 Å². The Balaban J connectivity index is 1.49. The summed E-state index contributed by atoms with van der Waals surface area (Å²) in [4.78, 5) is 38.4. The molecule has 1 fully saturated rings. The van der Waals surface area contributed by atoms with E-state index in [-0.39, 0.29) is 19.0 Å². The number of nitrogens with zero attached hydrogens (tertiary/aromatic N) is 1. The lowest BCUT2D eigenvalue weighted by atomic mass is 9.96. The summed E-state index contributed by atoms with van der Waals surface area (Å²) in [5.41, 5.74) is 1.79. The van der Waals surface area contributed by atoms with Gasteiger partial charge in [-0.15, -0.1) is 0 Å². The number of hydrogen-bond acceptors (Lipinski definition) is 6. The number of rotatable bonds is 7. The van der Waals surface area contributed by atoms with Gasteiger partial charge in [0.2, 0.25) is 0 Å². The number of morpholine rings is 1. The lowest BCUT2D eigenvalue weighted by Crippen LogP contribution is -2.41. The quantitative estimate of drug-likeness (QED) is 0.396. The minimum absolute atomic E-state index is 0.0127. The first-order chi connectivity index (χ1) is 14.6. The van der Waals surface area contributed by atoms with Crippen molar-refractivity contribution in [3.05, 3.63) is 71.3 Å². The Bertz CT molecular complexity index is 876. The van der Waals surface area contributed by atoms with Crippen LogP contribution in [0.4, 0.5) is 4.79 Å². The highest BCUT2D eigenvalue weighted by molar-refractivity contribution is 6.09. The van der Waals surface area contributed by atoms with Crippen LogP contribution in [0.15, 0.2) is 54.6 Å². The van der Waals surface area contributed by atoms with Gasteiger partial charge in [-0.2, -0.15) is 0 Å². The molecule has 0 N–H and O–H groups in total. The maximum atomic E-state index is 12.6. The van der Waals surface area contributed by atoms with Crippen molar-refractivity contribution in [2.75, 3.05) is 39.5 Å². The number of carbonyl (C=O) groups is 3. The van der Waals surface area contributed by atoms with E-state index in [2.05, 4.69) is 0 Å². The monoisotopic (exact) mass is 411 g/mol. The van der Waals surface area contributed by atoms with E-state index in [9.17, 15) is 14.4 Å². The molecule has 2 aromatic carbocycles. The molecule has 1 aliphatic heterocycles. The van der Waals surface area contributed by atoms with Crippen LogP contribution in [0.25, 0.3) is 0 Å². The molecular weight excluding hydrogens is 386 g/mol. The maximum Gasteiger partial charge on any atom is 0.410 e. The zero-order chi connectivity index (χ0) is 21.3. The average molecular weight is 411 g/mol. The average Bonchev–Trinajstić information content (AvgIpc) is 2.81. The van der Waals surface area contributed by atoms with Crippen molar-refractivity contribution in [2.45, 2.75) is 12.8 Å². The molecule has 1 atom stereocenters. The van der Waals surface area contributed by atoms with Gasteiger partial charge < -0.3 is 19.1 Å². The van der Waals surface area contributed by atoms with Crippen molar-refractivity contribution in [3.8, 4) is 0 Å². The molecule has 2 aromatic rings. The highest BCUT2D eigenvalue weighted by Crippen LogP contribution is 2.20. The predicted octanol–water partition coefficient (Wildman–Crippen LogP) is 3.03. The summed E-state index contributed by atoms with van der Waals surface area (Å²) < 4.78 is 15.5. The summed E-state index contributed by atoms with van der Waals surface area (Å²) in [7, 11) is 0. The molecule has 0 radical (unpaired) electrons. The third-order valence-corrected chi connectivity index (χ3v) is 4.86. The Morgan fingerprint density at radius 1 is 0.933 bits per heavy atom. The van der Waals surface area contributed by atoms with E-state index in [4.69, 9.17) is 14.2 Å². The van der Waals surface area contributed by atoms with Crippen molar-refractivity contribution in [3.63, 3.8) is 0 Å². The molecule has 0 spiro atoms. The molecule has 30 heavy (non-hydrogen) atoms. The number of amides is 1. The van der Waals surface area contributed by atoms with Gasteiger partial charge in [-0.3, -0.25) is 9.59 Å². The smallest absolute Gasteiger partial charge is 0.410 e. The summed E-state index contributed by atoms with van der Waals surface area (Å²) in [6.07, 6.45) is -0.436. The van der Waals surface area contributed by atoms with Gasteiger partial charge >= 0.3 is 12.1 Å². The van der Waals surface area contributed by atoms with Gasteiger partial charge in [0.15, 0.2) is 5.78 Å². The van der Waals surface area contributed by atoms with Gasteiger partial charge in [0, 0.05) is 24.2 Å². The molecule has 7 nitrogen and oxygen atoms in total. The van der Waals surface area contributed by atoms with Gasteiger partial charge in [-0.25, -0.2) is 4.79 Å². The molecule has 158 valence electrons. The molecule has 0 bridgehead atoms. The Hall–Kier alpha value is -3.19. The van der Waals surface area contributed by atoms with Crippen LogP contribution in [-0.4, -0.2) is 62.3 Å². The van der Waals surface area contributed by atoms with Crippen molar-refractivity contribution < 1.29 is 28.6 Å². The predicted molar refractivity (Wildman–Crippen MR) is 109 cm³/mol. The van der Waals surface area contributed by atoms with Crippen LogP contribution < -0.4 is 0 Å². The SMILES string of the molecule is CC(C(=O)OCCOC(=O)N1CCOCC1)c1cccc(C(=O)c2ccccc2)c1. The first-order valence-corrected chi connectivity index (χ1v) is 9.92. The van der Waals surface area contributed by atoms with E-state index < -0.39 is 18.0 Å². The van der Waals surface area contributed by atoms with Crippen LogP contribution in [0.3, 0.4) is 0 Å².